The molecule has 0 aliphatic rings. The lowest BCUT2D eigenvalue weighted by Gasteiger charge is -2.16. The summed E-state index contributed by atoms with van der Waals surface area (Å²) in [7, 11) is 0. The van der Waals surface area contributed by atoms with E-state index in [9.17, 15) is 4.79 Å². The topological polar surface area (TPSA) is 64.1 Å². The Morgan fingerprint density at radius 3 is 2.79 bits per heavy atom. The van der Waals surface area contributed by atoms with Gasteiger partial charge in [0, 0.05) is 15.8 Å². The SMILES string of the molecule is Cc1cccc(O[C@H](C)C(=O)Nc2nnc(SCc3ccc(Cl)cc3Cl)s2)c1C. The first-order valence-corrected chi connectivity index (χ1v) is 11.3. The van der Waals surface area contributed by atoms with Crippen molar-refractivity contribution in [2.45, 2.75) is 37.0 Å². The number of carbonyl (C=O) groups excluding carboxylic acids is 1. The third kappa shape index (κ3) is 5.85. The van der Waals surface area contributed by atoms with E-state index < -0.39 is 6.10 Å². The molecular weight excluding hydrogens is 449 g/mol. The number of halogens is 2. The van der Waals surface area contributed by atoms with E-state index in [-0.39, 0.29) is 5.91 Å². The molecule has 152 valence electrons. The summed E-state index contributed by atoms with van der Waals surface area (Å²) in [6, 6.07) is 11.2. The fourth-order valence-corrected chi connectivity index (χ4v) is 4.71. The first-order valence-electron chi connectivity index (χ1n) is 8.77. The van der Waals surface area contributed by atoms with Crippen molar-refractivity contribution in [2.24, 2.45) is 0 Å². The van der Waals surface area contributed by atoms with Gasteiger partial charge < -0.3 is 4.74 Å². The molecule has 3 rings (SSSR count). The fraction of sp³-hybridized carbons (Fsp3) is 0.250. The summed E-state index contributed by atoms with van der Waals surface area (Å²) in [5.74, 6) is 1.05. The number of carbonyl (C=O) groups is 1. The molecule has 0 saturated carbocycles. The number of rotatable bonds is 7. The van der Waals surface area contributed by atoms with Gasteiger partial charge in [-0.1, -0.05) is 64.5 Å². The zero-order valence-electron chi connectivity index (χ0n) is 16.0. The van der Waals surface area contributed by atoms with Crippen LogP contribution in [0.1, 0.15) is 23.6 Å². The molecule has 5 nitrogen and oxygen atoms in total. The molecule has 1 amide bonds. The summed E-state index contributed by atoms with van der Waals surface area (Å²) in [6.45, 7) is 5.68. The van der Waals surface area contributed by atoms with E-state index in [0.29, 0.717) is 26.7 Å². The number of amides is 1. The summed E-state index contributed by atoms with van der Waals surface area (Å²) >= 11 is 14.9. The van der Waals surface area contributed by atoms with E-state index in [1.807, 2.05) is 38.1 Å². The maximum Gasteiger partial charge on any atom is 0.266 e. The molecule has 0 unspecified atom stereocenters. The Balaban J connectivity index is 1.56. The monoisotopic (exact) mass is 467 g/mol. The molecule has 0 bridgehead atoms. The molecule has 0 saturated heterocycles. The van der Waals surface area contributed by atoms with Crippen LogP contribution in [-0.2, 0) is 10.5 Å². The molecular formula is C20H19Cl2N3O2S2. The van der Waals surface area contributed by atoms with E-state index in [1.165, 1.54) is 23.1 Å². The zero-order chi connectivity index (χ0) is 21.0. The third-order valence-electron chi connectivity index (χ3n) is 4.23. The lowest BCUT2D eigenvalue weighted by Crippen LogP contribution is -2.30. The molecule has 0 aliphatic heterocycles. The van der Waals surface area contributed by atoms with Crippen molar-refractivity contribution in [1.29, 1.82) is 0 Å². The van der Waals surface area contributed by atoms with E-state index in [2.05, 4.69) is 15.5 Å². The zero-order valence-corrected chi connectivity index (χ0v) is 19.2. The van der Waals surface area contributed by atoms with Crippen molar-refractivity contribution in [2.75, 3.05) is 5.32 Å². The first kappa shape index (κ1) is 21.9. The van der Waals surface area contributed by atoms with Crippen LogP contribution in [0, 0.1) is 13.8 Å². The van der Waals surface area contributed by atoms with Crippen LogP contribution in [-0.4, -0.2) is 22.2 Å². The highest BCUT2D eigenvalue weighted by Crippen LogP contribution is 2.31. The lowest BCUT2D eigenvalue weighted by atomic mass is 10.1. The number of hydrogen-bond acceptors (Lipinski definition) is 6. The van der Waals surface area contributed by atoms with Crippen molar-refractivity contribution in [3.8, 4) is 5.75 Å². The largest absolute Gasteiger partial charge is 0.481 e. The van der Waals surface area contributed by atoms with Gasteiger partial charge in [-0.3, -0.25) is 10.1 Å². The van der Waals surface area contributed by atoms with Gasteiger partial charge in [0.1, 0.15) is 5.75 Å². The van der Waals surface area contributed by atoms with E-state index in [1.54, 1.807) is 19.1 Å². The normalized spacial score (nSPS) is 11.9. The van der Waals surface area contributed by atoms with Crippen LogP contribution in [0.15, 0.2) is 40.7 Å². The molecule has 0 aliphatic carbocycles. The van der Waals surface area contributed by atoms with Gasteiger partial charge in [0.05, 0.1) is 0 Å². The number of nitrogens with zero attached hydrogens (tertiary/aromatic N) is 2. The average molecular weight is 468 g/mol. The van der Waals surface area contributed by atoms with Crippen LogP contribution in [0.5, 0.6) is 5.75 Å². The number of benzene rings is 2. The highest BCUT2D eigenvalue weighted by molar-refractivity contribution is 8.00. The second-order valence-corrected chi connectivity index (χ2v) is 9.39. The first-order chi connectivity index (χ1) is 13.8. The van der Waals surface area contributed by atoms with Crippen LogP contribution in [0.4, 0.5) is 5.13 Å². The predicted molar refractivity (Wildman–Crippen MR) is 121 cm³/mol. The maximum absolute atomic E-state index is 12.4. The Morgan fingerprint density at radius 2 is 2.03 bits per heavy atom. The molecule has 1 atom stereocenters. The molecule has 29 heavy (non-hydrogen) atoms. The molecule has 1 heterocycles. The van der Waals surface area contributed by atoms with E-state index in [0.717, 1.165) is 21.0 Å². The van der Waals surface area contributed by atoms with Crippen LogP contribution in [0.2, 0.25) is 10.0 Å². The fourth-order valence-electron chi connectivity index (χ4n) is 2.40. The molecule has 1 aromatic heterocycles. The van der Waals surface area contributed by atoms with Crippen molar-refractivity contribution in [3.05, 3.63) is 63.1 Å². The van der Waals surface area contributed by atoms with Gasteiger partial charge in [0.15, 0.2) is 10.4 Å². The van der Waals surface area contributed by atoms with Gasteiger partial charge in [-0.05, 0) is 55.7 Å². The minimum Gasteiger partial charge on any atom is -0.481 e. The van der Waals surface area contributed by atoms with Gasteiger partial charge in [-0.25, -0.2) is 0 Å². The number of ether oxygens (including phenoxy) is 1. The molecule has 0 fully saturated rings. The number of nitrogens with one attached hydrogen (secondary N) is 1. The van der Waals surface area contributed by atoms with Crippen LogP contribution < -0.4 is 10.1 Å². The third-order valence-corrected chi connectivity index (χ3v) is 6.84. The minimum atomic E-state index is -0.664. The Hall–Kier alpha value is -1.80. The van der Waals surface area contributed by atoms with Crippen molar-refractivity contribution in [3.63, 3.8) is 0 Å². The number of anilines is 1. The minimum absolute atomic E-state index is 0.278. The van der Waals surface area contributed by atoms with Crippen molar-refractivity contribution >= 4 is 57.3 Å². The lowest BCUT2D eigenvalue weighted by molar-refractivity contribution is -0.122. The van der Waals surface area contributed by atoms with Crippen molar-refractivity contribution in [1.82, 2.24) is 10.2 Å². The standard InChI is InChI=1S/C20H19Cl2N3O2S2/c1-11-5-4-6-17(12(11)2)27-13(3)18(26)23-19-24-25-20(29-19)28-10-14-7-8-15(21)9-16(14)22/h4-9,13H,10H2,1-3H3,(H,23,24,26)/t13-/m1/s1. The number of aromatic nitrogens is 2. The van der Waals surface area contributed by atoms with E-state index >= 15 is 0 Å². The highest BCUT2D eigenvalue weighted by Gasteiger charge is 2.18. The average Bonchev–Trinajstić information content (AvgIpc) is 3.12. The molecule has 2 aromatic carbocycles. The molecule has 0 radical (unpaired) electrons. The number of hydrogen-bond donors (Lipinski definition) is 1. The molecule has 1 N–H and O–H groups in total. The maximum atomic E-state index is 12.4. The summed E-state index contributed by atoms with van der Waals surface area (Å²) in [5, 5.41) is 12.5. The predicted octanol–water partition coefficient (Wildman–Crippen LogP) is 6.16. The molecule has 3 aromatic rings. The van der Waals surface area contributed by atoms with E-state index in [4.69, 9.17) is 27.9 Å². The summed E-state index contributed by atoms with van der Waals surface area (Å²) in [4.78, 5) is 12.4. The van der Waals surface area contributed by atoms with Gasteiger partial charge in [-0.15, -0.1) is 10.2 Å². The van der Waals surface area contributed by atoms with Gasteiger partial charge in [0.25, 0.3) is 5.91 Å². The van der Waals surface area contributed by atoms with Crippen LogP contribution in [0.25, 0.3) is 0 Å². The number of thioether (sulfide) groups is 1. The summed E-state index contributed by atoms with van der Waals surface area (Å²) < 4.78 is 6.54. The van der Waals surface area contributed by atoms with Gasteiger partial charge in [0.2, 0.25) is 5.13 Å². The summed E-state index contributed by atoms with van der Waals surface area (Å²) in [6.07, 6.45) is -0.664. The Morgan fingerprint density at radius 1 is 1.24 bits per heavy atom. The molecule has 9 heteroatoms. The smallest absolute Gasteiger partial charge is 0.266 e. The van der Waals surface area contributed by atoms with Crippen LogP contribution >= 0.6 is 46.3 Å². The van der Waals surface area contributed by atoms with Gasteiger partial charge >= 0.3 is 0 Å². The second kappa shape index (κ2) is 9.80. The highest BCUT2D eigenvalue weighted by atomic mass is 35.5. The Kier molecular flexibility index (Phi) is 7.40. The Labute approximate surface area is 187 Å². The Bertz CT molecular complexity index is 1030. The number of aryl methyl sites for hydroxylation is 1. The van der Waals surface area contributed by atoms with Gasteiger partial charge in [-0.2, -0.15) is 0 Å². The second-order valence-electron chi connectivity index (χ2n) is 6.34. The quantitative estimate of drug-likeness (QED) is 0.332. The molecule has 0 spiro atoms. The summed E-state index contributed by atoms with van der Waals surface area (Å²) in [5.41, 5.74) is 3.08. The van der Waals surface area contributed by atoms with Crippen LogP contribution in [0.3, 0.4) is 0 Å². The van der Waals surface area contributed by atoms with Crippen molar-refractivity contribution < 1.29 is 9.53 Å².